The van der Waals surface area contributed by atoms with Crippen LogP contribution in [-0.2, 0) is 18.3 Å². The van der Waals surface area contributed by atoms with Gasteiger partial charge in [0.15, 0.2) is 5.78 Å². The van der Waals surface area contributed by atoms with E-state index in [0.717, 1.165) is 16.7 Å². The molecule has 0 amide bonds. The Kier molecular flexibility index (Phi) is 3.91. The molecule has 1 aliphatic rings. The summed E-state index contributed by atoms with van der Waals surface area (Å²) < 4.78 is 1.52. The number of aromatic nitrogens is 2. The van der Waals surface area contributed by atoms with Gasteiger partial charge in [-0.2, -0.15) is 0 Å². The van der Waals surface area contributed by atoms with E-state index >= 15 is 0 Å². The first-order valence-electron chi connectivity index (χ1n) is 8.72. The molecule has 0 aliphatic heterocycles. The molecule has 6 heteroatoms. The van der Waals surface area contributed by atoms with Crippen LogP contribution in [0.2, 0.25) is 0 Å². The van der Waals surface area contributed by atoms with Gasteiger partial charge in [-0.3, -0.25) is 19.0 Å². The molecule has 1 unspecified atom stereocenters. The third-order valence-electron chi connectivity index (χ3n) is 5.27. The number of carbonyl (C=O) groups is 2. The molecule has 0 fully saturated rings. The lowest BCUT2D eigenvalue weighted by Crippen LogP contribution is -2.20. The van der Waals surface area contributed by atoms with Gasteiger partial charge in [-0.1, -0.05) is 30.3 Å². The van der Waals surface area contributed by atoms with Gasteiger partial charge in [0.05, 0.1) is 17.3 Å². The summed E-state index contributed by atoms with van der Waals surface area (Å²) in [6, 6.07) is 11.0. The summed E-state index contributed by atoms with van der Waals surface area (Å²) in [7, 11) is 1.69. The fourth-order valence-corrected chi connectivity index (χ4v) is 3.76. The number of nitrogens with zero attached hydrogens (tertiary/aromatic N) is 2. The van der Waals surface area contributed by atoms with E-state index in [1.807, 2.05) is 24.3 Å². The molecular weight excluding hydrogens is 344 g/mol. The first kappa shape index (κ1) is 17.1. The molecule has 1 atom stereocenters. The van der Waals surface area contributed by atoms with Crippen molar-refractivity contribution in [2.75, 3.05) is 0 Å². The lowest BCUT2D eigenvalue weighted by atomic mass is 9.98. The highest BCUT2D eigenvalue weighted by Gasteiger charge is 2.32. The Labute approximate surface area is 155 Å². The summed E-state index contributed by atoms with van der Waals surface area (Å²) >= 11 is 0. The summed E-state index contributed by atoms with van der Waals surface area (Å²) in [5.41, 5.74) is 3.65. The molecule has 1 heterocycles. The van der Waals surface area contributed by atoms with Gasteiger partial charge in [0.1, 0.15) is 5.82 Å². The van der Waals surface area contributed by atoms with Crippen molar-refractivity contribution in [3.05, 3.63) is 63.7 Å². The van der Waals surface area contributed by atoms with Gasteiger partial charge in [0.2, 0.25) is 0 Å². The largest absolute Gasteiger partial charge is 0.481 e. The van der Waals surface area contributed by atoms with Crippen LogP contribution in [0.25, 0.3) is 22.0 Å². The number of carbonyl (C=O) groups excluding carboxylic acids is 1. The second-order valence-electron chi connectivity index (χ2n) is 6.96. The molecule has 0 radical (unpaired) electrons. The summed E-state index contributed by atoms with van der Waals surface area (Å²) in [5.74, 6) is -0.962. The van der Waals surface area contributed by atoms with Gasteiger partial charge in [-0.15, -0.1) is 0 Å². The number of fused-ring (bicyclic) bond motifs is 2. The van der Waals surface area contributed by atoms with Gasteiger partial charge in [0, 0.05) is 24.1 Å². The average Bonchev–Trinajstić information content (AvgIpc) is 2.94. The molecule has 1 aromatic heterocycles. The van der Waals surface area contributed by atoms with Crippen LogP contribution in [0.3, 0.4) is 0 Å². The van der Waals surface area contributed by atoms with Crippen molar-refractivity contribution in [3.63, 3.8) is 0 Å². The van der Waals surface area contributed by atoms with E-state index < -0.39 is 11.9 Å². The molecule has 136 valence electrons. The van der Waals surface area contributed by atoms with Crippen molar-refractivity contribution in [3.8, 4) is 11.1 Å². The summed E-state index contributed by atoms with van der Waals surface area (Å²) in [6.07, 6.45) is 0.265. The summed E-state index contributed by atoms with van der Waals surface area (Å²) in [6.45, 7) is 1.79. The molecule has 0 saturated carbocycles. The van der Waals surface area contributed by atoms with Crippen molar-refractivity contribution in [1.82, 2.24) is 9.55 Å². The van der Waals surface area contributed by atoms with Gasteiger partial charge in [0.25, 0.3) is 5.56 Å². The lowest BCUT2D eigenvalue weighted by molar-refractivity contribution is -0.137. The van der Waals surface area contributed by atoms with E-state index in [0.29, 0.717) is 28.7 Å². The minimum Gasteiger partial charge on any atom is -0.481 e. The minimum absolute atomic E-state index is 0.0998. The first-order valence-corrected chi connectivity index (χ1v) is 8.72. The van der Waals surface area contributed by atoms with Crippen LogP contribution in [0, 0.1) is 12.8 Å². The Balaban J connectivity index is 1.84. The third-order valence-corrected chi connectivity index (χ3v) is 5.27. The topological polar surface area (TPSA) is 89.3 Å². The number of hydrogen-bond acceptors (Lipinski definition) is 4. The van der Waals surface area contributed by atoms with E-state index in [9.17, 15) is 14.4 Å². The molecule has 6 nitrogen and oxygen atoms in total. The molecular formula is C21H18N2O4. The highest BCUT2D eigenvalue weighted by Crippen LogP contribution is 2.34. The maximum atomic E-state index is 12.5. The predicted octanol–water partition coefficient (Wildman–Crippen LogP) is 2.74. The number of Topliss-reactive ketones (excluding diaryl/α,β-unsaturated/α-hetero) is 1. The second-order valence-corrected chi connectivity index (χ2v) is 6.96. The minimum atomic E-state index is -0.967. The average molecular weight is 362 g/mol. The van der Waals surface area contributed by atoms with Gasteiger partial charge in [-0.05, 0) is 30.5 Å². The Morgan fingerprint density at radius 3 is 2.74 bits per heavy atom. The van der Waals surface area contributed by atoms with Crippen LogP contribution < -0.4 is 5.56 Å². The van der Waals surface area contributed by atoms with E-state index in [1.54, 1.807) is 26.1 Å². The van der Waals surface area contributed by atoms with Gasteiger partial charge < -0.3 is 5.11 Å². The van der Waals surface area contributed by atoms with Crippen LogP contribution in [0.5, 0.6) is 0 Å². The molecule has 4 rings (SSSR count). The molecule has 0 spiro atoms. The van der Waals surface area contributed by atoms with E-state index in [1.165, 1.54) is 4.57 Å². The number of carboxylic acids is 1. The Hall–Kier alpha value is -3.28. The molecule has 3 aromatic rings. The maximum Gasteiger partial charge on any atom is 0.304 e. The normalized spacial score (nSPS) is 15.9. The number of aliphatic carboxylic acids is 1. The summed E-state index contributed by atoms with van der Waals surface area (Å²) in [5, 5.41) is 9.55. The highest BCUT2D eigenvalue weighted by atomic mass is 16.4. The molecule has 0 saturated heterocycles. The monoisotopic (exact) mass is 362 g/mol. The Morgan fingerprint density at radius 2 is 2.00 bits per heavy atom. The fraction of sp³-hybridized carbons (Fsp3) is 0.238. The molecule has 1 N–H and O–H groups in total. The molecule has 2 aromatic carbocycles. The van der Waals surface area contributed by atoms with Crippen molar-refractivity contribution < 1.29 is 14.7 Å². The van der Waals surface area contributed by atoms with E-state index in [2.05, 4.69) is 4.98 Å². The van der Waals surface area contributed by atoms with E-state index in [-0.39, 0.29) is 17.8 Å². The quantitative estimate of drug-likeness (QED) is 0.774. The van der Waals surface area contributed by atoms with Crippen LogP contribution in [0.1, 0.15) is 28.2 Å². The standard InChI is InChI=1S/C21H18N2O4/c1-11-22-19-15(4-3-5-17(19)21(27)23(11)2)12-6-7-16-13(8-12)9-14(20(16)26)10-18(24)25/h3-8,14H,9-10H2,1-2H3,(H,24,25). The molecule has 27 heavy (non-hydrogen) atoms. The molecule has 1 aliphatic carbocycles. The van der Waals surface area contributed by atoms with Gasteiger partial charge in [-0.25, -0.2) is 4.98 Å². The summed E-state index contributed by atoms with van der Waals surface area (Å²) in [4.78, 5) is 40.5. The second kappa shape index (κ2) is 6.16. The Morgan fingerprint density at radius 1 is 1.22 bits per heavy atom. The smallest absolute Gasteiger partial charge is 0.304 e. The first-order chi connectivity index (χ1) is 12.9. The predicted molar refractivity (Wildman–Crippen MR) is 101 cm³/mol. The number of benzene rings is 2. The zero-order chi connectivity index (χ0) is 19.3. The van der Waals surface area contributed by atoms with Crippen LogP contribution >= 0.6 is 0 Å². The number of para-hydroxylation sites is 1. The number of hydrogen-bond donors (Lipinski definition) is 1. The number of aryl methyl sites for hydroxylation is 1. The number of rotatable bonds is 3. The van der Waals surface area contributed by atoms with Crippen molar-refractivity contribution in [2.45, 2.75) is 19.8 Å². The zero-order valence-corrected chi connectivity index (χ0v) is 15.0. The number of ketones is 1. The van der Waals surface area contributed by atoms with Crippen LogP contribution in [-0.4, -0.2) is 26.4 Å². The highest BCUT2D eigenvalue weighted by molar-refractivity contribution is 6.04. The van der Waals surface area contributed by atoms with Crippen molar-refractivity contribution in [1.29, 1.82) is 0 Å². The third kappa shape index (κ3) is 2.73. The SMILES string of the molecule is Cc1nc2c(-c3ccc4c(c3)CC(CC(=O)O)C4=O)cccc2c(=O)n1C. The molecule has 0 bridgehead atoms. The van der Waals surface area contributed by atoms with E-state index in [4.69, 9.17) is 5.11 Å². The van der Waals surface area contributed by atoms with Crippen LogP contribution in [0.15, 0.2) is 41.2 Å². The van der Waals surface area contributed by atoms with Crippen molar-refractivity contribution >= 4 is 22.7 Å². The lowest BCUT2D eigenvalue weighted by Gasteiger charge is -2.10. The van der Waals surface area contributed by atoms with Crippen LogP contribution in [0.4, 0.5) is 0 Å². The van der Waals surface area contributed by atoms with Gasteiger partial charge >= 0.3 is 5.97 Å². The zero-order valence-electron chi connectivity index (χ0n) is 15.0. The number of carboxylic acid groups (broad SMARTS) is 1. The Bertz CT molecular complexity index is 1180. The fourth-order valence-electron chi connectivity index (χ4n) is 3.76. The maximum absolute atomic E-state index is 12.5. The van der Waals surface area contributed by atoms with Crippen molar-refractivity contribution in [2.24, 2.45) is 13.0 Å².